The first kappa shape index (κ1) is 14.6. The maximum absolute atomic E-state index is 12.2. The smallest absolute Gasteiger partial charge is 0.251 e. The van der Waals surface area contributed by atoms with Crippen LogP contribution in [0.2, 0.25) is 0 Å². The number of likely N-dealkylation sites (N-methyl/N-ethyl adjacent to an activating group) is 1. The normalized spacial score (nSPS) is 17.4. The summed E-state index contributed by atoms with van der Waals surface area (Å²) in [6, 6.07) is 7.86. The van der Waals surface area contributed by atoms with Crippen LogP contribution >= 0.6 is 0 Å². The fourth-order valence-electron chi connectivity index (χ4n) is 2.27. The van der Waals surface area contributed by atoms with Crippen molar-refractivity contribution in [3.05, 3.63) is 35.4 Å². The van der Waals surface area contributed by atoms with Crippen LogP contribution in [0, 0.1) is 11.8 Å². The molecule has 0 bridgehead atoms. The van der Waals surface area contributed by atoms with E-state index in [4.69, 9.17) is 10.5 Å². The van der Waals surface area contributed by atoms with Crippen LogP contribution in [0.1, 0.15) is 24.0 Å². The van der Waals surface area contributed by atoms with Gasteiger partial charge >= 0.3 is 0 Å². The van der Waals surface area contributed by atoms with Crippen molar-refractivity contribution in [1.29, 1.82) is 0 Å². The maximum Gasteiger partial charge on any atom is 0.251 e. The molecule has 0 aliphatic carbocycles. The summed E-state index contributed by atoms with van der Waals surface area (Å²) >= 11 is 0. The zero-order valence-corrected chi connectivity index (χ0v) is 11.8. The zero-order chi connectivity index (χ0) is 14.4. The lowest BCUT2D eigenvalue weighted by Gasteiger charge is -2.20. The highest BCUT2D eigenvalue weighted by molar-refractivity contribution is 5.80. The molecule has 1 fully saturated rings. The SMILES string of the molecule is CN(Cc1cccc(C#CCN)c1)C(=O)C1CCCO1. The van der Waals surface area contributed by atoms with E-state index in [1.807, 2.05) is 31.3 Å². The Hall–Kier alpha value is -1.83. The molecule has 1 aromatic carbocycles. The molecule has 2 N–H and O–H groups in total. The van der Waals surface area contributed by atoms with Crippen molar-refractivity contribution < 1.29 is 9.53 Å². The molecule has 1 amide bonds. The molecule has 20 heavy (non-hydrogen) atoms. The Kier molecular flexibility index (Phi) is 5.16. The lowest BCUT2D eigenvalue weighted by atomic mass is 10.1. The lowest BCUT2D eigenvalue weighted by Crippen LogP contribution is -2.35. The molecular weight excluding hydrogens is 252 g/mol. The van der Waals surface area contributed by atoms with Crippen LogP contribution in [-0.4, -0.2) is 37.1 Å². The molecule has 4 nitrogen and oxygen atoms in total. The van der Waals surface area contributed by atoms with Crippen molar-refractivity contribution in [2.24, 2.45) is 5.73 Å². The second-order valence-corrected chi connectivity index (χ2v) is 4.90. The van der Waals surface area contributed by atoms with Crippen molar-refractivity contribution >= 4 is 5.91 Å². The molecule has 1 aromatic rings. The van der Waals surface area contributed by atoms with Crippen molar-refractivity contribution in [2.75, 3.05) is 20.2 Å². The van der Waals surface area contributed by atoms with E-state index in [1.165, 1.54) is 0 Å². The van der Waals surface area contributed by atoms with Gasteiger partial charge in [0, 0.05) is 25.8 Å². The molecule has 0 saturated carbocycles. The van der Waals surface area contributed by atoms with Crippen LogP contribution in [0.15, 0.2) is 24.3 Å². The van der Waals surface area contributed by atoms with Crippen LogP contribution < -0.4 is 5.73 Å². The second-order valence-electron chi connectivity index (χ2n) is 4.90. The minimum Gasteiger partial charge on any atom is -0.368 e. The minimum atomic E-state index is -0.264. The molecule has 2 rings (SSSR count). The van der Waals surface area contributed by atoms with E-state index in [-0.39, 0.29) is 12.0 Å². The van der Waals surface area contributed by atoms with E-state index in [0.29, 0.717) is 19.7 Å². The van der Waals surface area contributed by atoms with Gasteiger partial charge in [0.2, 0.25) is 0 Å². The molecular formula is C16H20N2O2. The molecule has 0 radical (unpaired) electrons. The van der Waals surface area contributed by atoms with Crippen molar-refractivity contribution in [3.8, 4) is 11.8 Å². The molecule has 1 aliphatic rings. The third kappa shape index (κ3) is 3.83. The quantitative estimate of drug-likeness (QED) is 0.839. The highest BCUT2D eigenvalue weighted by Crippen LogP contribution is 2.15. The van der Waals surface area contributed by atoms with Crippen LogP contribution in [0.5, 0.6) is 0 Å². The number of hydrogen-bond donors (Lipinski definition) is 1. The largest absolute Gasteiger partial charge is 0.368 e. The number of carbonyl (C=O) groups is 1. The summed E-state index contributed by atoms with van der Waals surface area (Å²) in [4.78, 5) is 13.9. The first-order chi connectivity index (χ1) is 9.70. The standard InChI is InChI=1S/C16H20N2O2/c1-18(16(19)15-8-4-10-20-15)12-14-6-2-5-13(11-14)7-3-9-17/h2,5-6,11,15H,4,8-10,12,17H2,1H3. The summed E-state index contributed by atoms with van der Waals surface area (Å²) in [5.74, 6) is 5.89. The van der Waals surface area contributed by atoms with Crippen molar-refractivity contribution in [3.63, 3.8) is 0 Å². The molecule has 0 aromatic heterocycles. The Morgan fingerprint density at radius 2 is 2.40 bits per heavy atom. The maximum atomic E-state index is 12.2. The minimum absolute atomic E-state index is 0.0564. The lowest BCUT2D eigenvalue weighted by molar-refractivity contribution is -0.140. The van der Waals surface area contributed by atoms with Gasteiger partial charge in [-0.1, -0.05) is 24.0 Å². The van der Waals surface area contributed by atoms with E-state index in [0.717, 1.165) is 24.0 Å². The Bertz CT molecular complexity index is 525. The highest BCUT2D eigenvalue weighted by atomic mass is 16.5. The number of rotatable bonds is 3. The highest BCUT2D eigenvalue weighted by Gasteiger charge is 2.26. The third-order valence-electron chi connectivity index (χ3n) is 3.26. The van der Waals surface area contributed by atoms with Crippen molar-refractivity contribution in [1.82, 2.24) is 4.90 Å². The average molecular weight is 272 g/mol. The number of hydrogen-bond acceptors (Lipinski definition) is 3. The van der Waals surface area contributed by atoms with E-state index >= 15 is 0 Å². The number of nitrogens with two attached hydrogens (primary N) is 1. The second kappa shape index (κ2) is 7.09. The predicted molar refractivity (Wildman–Crippen MR) is 77.8 cm³/mol. The number of nitrogens with zero attached hydrogens (tertiary/aromatic N) is 1. The number of ether oxygens (including phenoxy) is 1. The molecule has 106 valence electrons. The van der Waals surface area contributed by atoms with Crippen LogP contribution in [-0.2, 0) is 16.1 Å². The van der Waals surface area contributed by atoms with E-state index < -0.39 is 0 Å². The van der Waals surface area contributed by atoms with Crippen molar-refractivity contribution in [2.45, 2.75) is 25.5 Å². The molecule has 1 saturated heterocycles. The Balaban J connectivity index is 1.99. The van der Waals surface area contributed by atoms with Crippen LogP contribution in [0.4, 0.5) is 0 Å². The fraction of sp³-hybridized carbons (Fsp3) is 0.438. The molecule has 1 atom stereocenters. The average Bonchev–Trinajstić information content (AvgIpc) is 2.98. The van der Waals surface area contributed by atoms with Gasteiger partial charge in [0.1, 0.15) is 6.10 Å². The Morgan fingerprint density at radius 3 is 3.10 bits per heavy atom. The summed E-state index contributed by atoms with van der Waals surface area (Å²) in [5, 5.41) is 0. The van der Waals surface area contributed by atoms with Gasteiger partial charge in [-0.05, 0) is 30.5 Å². The van der Waals surface area contributed by atoms with Gasteiger partial charge in [-0.3, -0.25) is 4.79 Å². The summed E-state index contributed by atoms with van der Waals surface area (Å²) in [6.07, 6.45) is 1.53. The molecule has 1 aliphatic heterocycles. The first-order valence-corrected chi connectivity index (χ1v) is 6.85. The Labute approximate surface area is 119 Å². The summed E-state index contributed by atoms with van der Waals surface area (Å²) < 4.78 is 5.42. The number of carbonyl (C=O) groups excluding carboxylic acids is 1. The van der Waals surface area contributed by atoms with Gasteiger partial charge in [-0.2, -0.15) is 0 Å². The monoisotopic (exact) mass is 272 g/mol. The van der Waals surface area contributed by atoms with Crippen LogP contribution in [0.25, 0.3) is 0 Å². The third-order valence-corrected chi connectivity index (χ3v) is 3.26. The number of amides is 1. The summed E-state index contributed by atoms with van der Waals surface area (Å²) in [6.45, 7) is 1.60. The predicted octanol–water partition coefficient (Wildman–Crippen LogP) is 1.13. The Morgan fingerprint density at radius 1 is 1.55 bits per heavy atom. The molecule has 0 spiro atoms. The van der Waals surface area contributed by atoms with Gasteiger partial charge in [-0.25, -0.2) is 0 Å². The van der Waals surface area contributed by atoms with Gasteiger partial charge in [0.15, 0.2) is 0 Å². The van der Waals surface area contributed by atoms with E-state index in [1.54, 1.807) is 4.90 Å². The molecule has 4 heteroatoms. The molecule has 1 heterocycles. The van der Waals surface area contributed by atoms with E-state index in [2.05, 4.69) is 11.8 Å². The topological polar surface area (TPSA) is 55.6 Å². The number of benzene rings is 1. The fourth-order valence-corrected chi connectivity index (χ4v) is 2.27. The van der Waals surface area contributed by atoms with Gasteiger partial charge in [-0.15, -0.1) is 0 Å². The zero-order valence-electron chi connectivity index (χ0n) is 11.8. The van der Waals surface area contributed by atoms with Gasteiger partial charge < -0.3 is 15.4 Å². The summed E-state index contributed by atoms with van der Waals surface area (Å²) in [5.41, 5.74) is 7.34. The van der Waals surface area contributed by atoms with Gasteiger partial charge in [0.05, 0.1) is 6.54 Å². The van der Waals surface area contributed by atoms with Gasteiger partial charge in [0.25, 0.3) is 5.91 Å². The summed E-state index contributed by atoms with van der Waals surface area (Å²) in [7, 11) is 1.81. The molecule has 1 unspecified atom stereocenters. The first-order valence-electron chi connectivity index (χ1n) is 6.85. The van der Waals surface area contributed by atoms with Crippen LogP contribution in [0.3, 0.4) is 0 Å². The van der Waals surface area contributed by atoms with E-state index in [9.17, 15) is 4.79 Å².